The van der Waals surface area contributed by atoms with E-state index in [0.717, 1.165) is 36.2 Å². The van der Waals surface area contributed by atoms with E-state index in [9.17, 15) is 8.78 Å². The molecule has 172 valence electrons. The van der Waals surface area contributed by atoms with Crippen LogP contribution in [0.1, 0.15) is 64.4 Å². The highest BCUT2D eigenvalue weighted by molar-refractivity contribution is 5.69. The Balaban J connectivity index is 1.39. The van der Waals surface area contributed by atoms with E-state index in [1.165, 1.54) is 44.6 Å². The number of hydrogen-bond donors (Lipinski definition) is 0. The van der Waals surface area contributed by atoms with Crippen molar-refractivity contribution in [3.05, 3.63) is 59.7 Å². The molecule has 0 aromatic heterocycles. The molecule has 4 heteroatoms. The summed E-state index contributed by atoms with van der Waals surface area (Å²) < 4.78 is 40.0. The van der Waals surface area contributed by atoms with Crippen LogP contribution in [0.2, 0.25) is 0 Å². The lowest BCUT2D eigenvalue weighted by molar-refractivity contribution is 0.117. The van der Waals surface area contributed by atoms with Crippen molar-refractivity contribution in [1.29, 1.82) is 0 Å². The molecule has 1 atom stereocenters. The average Bonchev–Trinajstić information content (AvgIpc) is 2.83. The van der Waals surface area contributed by atoms with Crippen LogP contribution in [-0.4, -0.2) is 13.2 Å². The predicted molar refractivity (Wildman–Crippen MR) is 125 cm³/mol. The molecule has 1 fully saturated rings. The first kappa shape index (κ1) is 22.8. The molecule has 0 amide bonds. The van der Waals surface area contributed by atoms with Crippen molar-refractivity contribution in [2.24, 2.45) is 17.8 Å². The molecule has 32 heavy (non-hydrogen) atoms. The van der Waals surface area contributed by atoms with Crippen molar-refractivity contribution in [2.45, 2.75) is 58.8 Å². The second kappa shape index (κ2) is 10.5. The minimum Gasteiger partial charge on any atom is -0.493 e. The zero-order chi connectivity index (χ0) is 22.5. The summed E-state index contributed by atoms with van der Waals surface area (Å²) in [6, 6.07) is 10.5. The van der Waals surface area contributed by atoms with Crippen molar-refractivity contribution in [3.63, 3.8) is 0 Å². The van der Waals surface area contributed by atoms with E-state index in [0.29, 0.717) is 18.1 Å². The maximum Gasteiger partial charge on any atom is 0.201 e. The van der Waals surface area contributed by atoms with Crippen LogP contribution in [0.4, 0.5) is 8.78 Å². The molecule has 0 N–H and O–H groups in total. The molecule has 0 spiro atoms. The van der Waals surface area contributed by atoms with E-state index in [1.807, 2.05) is 24.3 Å². The van der Waals surface area contributed by atoms with E-state index in [2.05, 4.69) is 13.0 Å². The van der Waals surface area contributed by atoms with Gasteiger partial charge in [-0.3, -0.25) is 0 Å². The van der Waals surface area contributed by atoms with Crippen LogP contribution in [0.15, 0.2) is 42.5 Å². The summed E-state index contributed by atoms with van der Waals surface area (Å²) in [4.78, 5) is 0. The highest BCUT2D eigenvalue weighted by Gasteiger charge is 2.29. The molecular weight excluding hydrogens is 406 g/mol. The third-order valence-electron chi connectivity index (χ3n) is 7.14. The Morgan fingerprint density at radius 2 is 1.59 bits per heavy atom. The lowest BCUT2D eigenvalue weighted by Gasteiger charge is -2.35. The molecule has 1 heterocycles. The summed E-state index contributed by atoms with van der Waals surface area (Å²) in [5.74, 6) is 1.33. The van der Waals surface area contributed by atoms with E-state index >= 15 is 0 Å². The van der Waals surface area contributed by atoms with Crippen LogP contribution in [0, 0.1) is 29.4 Å². The Bertz CT molecular complexity index is 927. The molecule has 1 saturated carbocycles. The number of allylic oxidation sites excluding steroid dienone is 1. The molecule has 1 aliphatic carbocycles. The SMILES string of the molecule is CCCC1CCC(C2CC=C(c3ccc(-c4ccc(OCC)c(F)c4F)cc3)OC2)CC1. The number of ether oxygens (including phenoxy) is 2. The van der Waals surface area contributed by atoms with Crippen LogP contribution in [0.25, 0.3) is 16.9 Å². The third kappa shape index (κ3) is 5.00. The maximum atomic E-state index is 14.5. The van der Waals surface area contributed by atoms with Crippen molar-refractivity contribution < 1.29 is 18.3 Å². The second-order valence-electron chi connectivity index (χ2n) is 9.19. The molecule has 1 aliphatic heterocycles. The van der Waals surface area contributed by atoms with Crippen LogP contribution in [0.5, 0.6) is 5.75 Å². The molecule has 2 aliphatic rings. The van der Waals surface area contributed by atoms with E-state index in [-0.39, 0.29) is 11.3 Å². The van der Waals surface area contributed by atoms with Gasteiger partial charge in [0.2, 0.25) is 5.82 Å². The molecule has 2 nitrogen and oxygen atoms in total. The number of benzene rings is 2. The minimum atomic E-state index is -0.943. The molecular formula is C28H34F2O2. The lowest BCUT2D eigenvalue weighted by atomic mass is 9.73. The van der Waals surface area contributed by atoms with E-state index in [4.69, 9.17) is 9.47 Å². The lowest BCUT2D eigenvalue weighted by Crippen LogP contribution is -2.26. The van der Waals surface area contributed by atoms with E-state index in [1.54, 1.807) is 13.0 Å². The van der Waals surface area contributed by atoms with Crippen molar-refractivity contribution in [3.8, 4) is 16.9 Å². The molecule has 2 aromatic rings. The first-order valence-electron chi connectivity index (χ1n) is 12.1. The zero-order valence-corrected chi connectivity index (χ0v) is 19.2. The number of rotatable bonds is 7. The quantitative estimate of drug-likeness (QED) is 0.434. The molecule has 0 bridgehead atoms. The van der Waals surface area contributed by atoms with Gasteiger partial charge in [-0.15, -0.1) is 0 Å². The average molecular weight is 441 g/mol. The summed E-state index contributed by atoms with van der Waals surface area (Å²) in [5.41, 5.74) is 1.84. The van der Waals surface area contributed by atoms with Crippen LogP contribution < -0.4 is 4.74 Å². The topological polar surface area (TPSA) is 18.5 Å². The fourth-order valence-corrected chi connectivity index (χ4v) is 5.30. The Kier molecular flexibility index (Phi) is 7.49. The van der Waals surface area contributed by atoms with Crippen LogP contribution in [-0.2, 0) is 4.74 Å². The fraction of sp³-hybridized carbons (Fsp3) is 0.500. The van der Waals surface area contributed by atoms with Gasteiger partial charge in [0, 0.05) is 11.1 Å². The summed E-state index contributed by atoms with van der Waals surface area (Å²) in [5, 5.41) is 0. The number of halogens is 2. The normalized spacial score (nSPS) is 23.4. The van der Waals surface area contributed by atoms with Crippen molar-refractivity contribution in [1.82, 2.24) is 0 Å². The summed E-state index contributed by atoms with van der Waals surface area (Å²) in [7, 11) is 0. The van der Waals surface area contributed by atoms with Gasteiger partial charge in [-0.2, -0.15) is 4.39 Å². The third-order valence-corrected chi connectivity index (χ3v) is 7.14. The zero-order valence-electron chi connectivity index (χ0n) is 19.2. The second-order valence-corrected chi connectivity index (χ2v) is 9.19. The van der Waals surface area contributed by atoms with Crippen molar-refractivity contribution in [2.75, 3.05) is 13.2 Å². The Labute approximate surface area is 190 Å². The van der Waals surface area contributed by atoms with Gasteiger partial charge in [0.1, 0.15) is 5.76 Å². The maximum absolute atomic E-state index is 14.5. The van der Waals surface area contributed by atoms with Gasteiger partial charge >= 0.3 is 0 Å². The van der Waals surface area contributed by atoms with Crippen LogP contribution >= 0.6 is 0 Å². The van der Waals surface area contributed by atoms with Gasteiger partial charge in [0.05, 0.1) is 13.2 Å². The van der Waals surface area contributed by atoms with Gasteiger partial charge in [0.15, 0.2) is 11.6 Å². The Morgan fingerprint density at radius 1 is 0.875 bits per heavy atom. The predicted octanol–water partition coefficient (Wildman–Crippen LogP) is 8.01. The first-order valence-corrected chi connectivity index (χ1v) is 12.1. The summed E-state index contributed by atoms with van der Waals surface area (Å²) >= 11 is 0. The van der Waals surface area contributed by atoms with Gasteiger partial charge in [-0.1, -0.05) is 56.9 Å². The van der Waals surface area contributed by atoms with E-state index < -0.39 is 11.6 Å². The largest absolute Gasteiger partial charge is 0.493 e. The van der Waals surface area contributed by atoms with Gasteiger partial charge in [0.25, 0.3) is 0 Å². The number of hydrogen-bond acceptors (Lipinski definition) is 2. The summed E-state index contributed by atoms with van der Waals surface area (Å²) in [6.45, 7) is 5.09. The van der Waals surface area contributed by atoms with Gasteiger partial charge < -0.3 is 9.47 Å². The van der Waals surface area contributed by atoms with Gasteiger partial charge in [-0.05, 0) is 67.7 Å². The Hall–Kier alpha value is -2.36. The smallest absolute Gasteiger partial charge is 0.201 e. The minimum absolute atomic E-state index is 0.0560. The standard InChI is InChI=1S/C28H34F2O2/c1-3-5-19-6-8-20(9-7-19)23-14-16-25(32-18-23)22-12-10-21(11-13-22)24-15-17-26(31-4-2)28(30)27(24)29/h10-13,15-17,19-20,23H,3-9,14,18H2,1-2H3. The molecule has 2 aromatic carbocycles. The highest BCUT2D eigenvalue weighted by Crippen LogP contribution is 2.39. The first-order chi connectivity index (χ1) is 15.6. The molecule has 1 unspecified atom stereocenters. The van der Waals surface area contributed by atoms with Crippen LogP contribution in [0.3, 0.4) is 0 Å². The Morgan fingerprint density at radius 3 is 2.22 bits per heavy atom. The molecule has 0 radical (unpaired) electrons. The van der Waals surface area contributed by atoms with Gasteiger partial charge in [-0.25, -0.2) is 4.39 Å². The monoisotopic (exact) mass is 440 g/mol. The van der Waals surface area contributed by atoms with Crippen molar-refractivity contribution >= 4 is 5.76 Å². The molecule has 0 saturated heterocycles. The molecule has 4 rings (SSSR count). The summed E-state index contributed by atoms with van der Waals surface area (Å²) in [6.07, 6.45) is 11.3. The highest BCUT2D eigenvalue weighted by atomic mass is 19.2. The fourth-order valence-electron chi connectivity index (χ4n) is 5.30.